The van der Waals surface area contributed by atoms with Crippen LogP contribution in [0.25, 0.3) is 0 Å². The lowest BCUT2D eigenvalue weighted by Crippen LogP contribution is -2.21. The number of nitrogens with zero attached hydrogens (tertiary/aromatic N) is 1. The van der Waals surface area contributed by atoms with E-state index in [4.69, 9.17) is 17.0 Å². The van der Waals surface area contributed by atoms with Gasteiger partial charge in [-0.05, 0) is 24.7 Å². The van der Waals surface area contributed by atoms with Crippen LogP contribution in [0, 0.1) is 10.1 Å². The third-order valence-electron chi connectivity index (χ3n) is 3.53. The molecule has 0 saturated carbocycles. The Hall–Kier alpha value is -2.93. The molecule has 0 bridgehead atoms. The molecule has 0 spiro atoms. The number of methoxy groups -OCH3 is 1. The number of thiocarbonyl (C=S) groups is 1. The minimum absolute atomic E-state index is 0.0331. The summed E-state index contributed by atoms with van der Waals surface area (Å²) in [6.07, 6.45) is -3.93. The average Bonchev–Trinajstić information content (AvgIpc) is 3.07. The van der Waals surface area contributed by atoms with Gasteiger partial charge >= 0.3 is 12.1 Å². The maximum atomic E-state index is 12.4. The first-order valence-electron chi connectivity index (χ1n) is 8.30. The van der Waals surface area contributed by atoms with Crippen molar-refractivity contribution >= 4 is 51.0 Å². The number of benzene rings is 1. The second kappa shape index (κ2) is 9.71. The minimum atomic E-state index is -4.60. The van der Waals surface area contributed by atoms with Gasteiger partial charge in [0.1, 0.15) is 10.8 Å². The molecule has 2 rings (SSSR count). The van der Waals surface area contributed by atoms with Gasteiger partial charge in [-0.15, -0.1) is 11.3 Å². The van der Waals surface area contributed by atoms with E-state index in [2.05, 4.69) is 15.4 Å². The third kappa shape index (κ3) is 6.56. The third-order valence-corrected chi connectivity index (χ3v) is 4.93. The zero-order valence-corrected chi connectivity index (χ0v) is 17.3. The molecular weight excluding hydrogens is 447 g/mol. The number of hydrogen-bond acceptors (Lipinski definition) is 7. The van der Waals surface area contributed by atoms with Crippen molar-refractivity contribution in [1.29, 1.82) is 0 Å². The second-order valence-electron chi connectivity index (χ2n) is 5.76. The Balaban J connectivity index is 2.22. The van der Waals surface area contributed by atoms with Crippen LogP contribution in [0.1, 0.15) is 22.2 Å². The van der Waals surface area contributed by atoms with Crippen molar-refractivity contribution < 1.29 is 32.4 Å². The topological polar surface area (TPSA) is 103 Å². The number of hydrogen-bond donors (Lipinski definition) is 2. The molecule has 1 aromatic carbocycles. The van der Waals surface area contributed by atoms with Gasteiger partial charge in [0.05, 0.1) is 29.4 Å². The monoisotopic (exact) mass is 463 g/mol. The molecule has 0 unspecified atom stereocenters. The Bertz CT molecular complexity index is 963. The molecule has 0 aliphatic carbocycles. The summed E-state index contributed by atoms with van der Waals surface area (Å²) < 4.78 is 46.4. The van der Waals surface area contributed by atoms with E-state index in [1.165, 1.54) is 18.4 Å². The first-order chi connectivity index (χ1) is 14.0. The molecule has 0 radical (unpaired) electrons. The summed E-state index contributed by atoms with van der Waals surface area (Å²) >= 11 is 6.43. The van der Waals surface area contributed by atoms with Crippen LogP contribution in [0.5, 0.6) is 5.75 Å². The van der Waals surface area contributed by atoms with Gasteiger partial charge in [-0.2, -0.15) is 13.2 Å². The highest BCUT2D eigenvalue weighted by atomic mass is 32.1. The maximum absolute atomic E-state index is 12.4. The molecule has 8 nitrogen and oxygen atoms in total. The predicted molar refractivity (Wildman–Crippen MR) is 110 cm³/mol. The smallest absolute Gasteiger partial charge is 0.422 e. The normalized spacial score (nSPS) is 11.0. The SMILES string of the molecule is CCc1cc(C(=O)OC)c(NC(=S)Nc2cc(OCC(F)(F)F)cc([N+](=O)[O-])c2)s1. The molecule has 2 aromatic rings. The summed E-state index contributed by atoms with van der Waals surface area (Å²) in [4.78, 5) is 23.1. The fourth-order valence-electron chi connectivity index (χ4n) is 2.25. The zero-order chi connectivity index (χ0) is 22.5. The molecule has 0 amide bonds. The average molecular weight is 463 g/mol. The highest BCUT2D eigenvalue weighted by Crippen LogP contribution is 2.31. The quantitative estimate of drug-likeness (QED) is 0.262. The molecule has 0 aliphatic rings. The van der Waals surface area contributed by atoms with Gasteiger partial charge in [0.25, 0.3) is 5.69 Å². The summed E-state index contributed by atoms with van der Waals surface area (Å²) in [7, 11) is 1.23. The number of ether oxygens (including phenoxy) is 2. The fourth-order valence-corrected chi connectivity index (χ4v) is 3.52. The number of nitro benzene ring substituents is 1. The number of halogens is 3. The highest BCUT2D eigenvalue weighted by Gasteiger charge is 2.29. The van der Waals surface area contributed by atoms with Crippen molar-refractivity contribution in [3.8, 4) is 5.75 Å². The van der Waals surface area contributed by atoms with E-state index in [0.29, 0.717) is 11.4 Å². The van der Waals surface area contributed by atoms with Gasteiger partial charge in [0.2, 0.25) is 0 Å². The van der Waals surface area contributed by atoms with Crippen molar-refractivity contribution in [1.82, 2.24) is 0 Å². The molecule has 30 heavy (non-hydrogen) atoms. The minimum Gasteiger partial charge on any atom is -0.484 e. The molecule has 2 N–H and O–H groups in total. The van der Waals surface area contributed by atoms with Gasteiger partial charge in [-0.3, -0.25) is 10.1 Å². The van der Waals surface area contributed by atoms with E-state index in [9.17, 15) is 28.1 Å². The first-order valence-corrected chi connectivity index (χ1v) is 9.53. The Morgan fingerprint density at radius 3 is 2.53 bits per heavy atom. The summed E-state index contributed by atoms with van der Waals surface area (Å²) in [5.74, 6) is -0.930. The van der Waals surface area contributed by atoms with E-state index in [-0.39, 0.29) is 22.1 Å². The highest BCUT2D eigenvalue weighted by molar-refractivity contribution is 7.80. The van der Waals surface area contributed by atoms with Crippen LogP contribution in [-0.4, -0.2) is 35.9 Å². The van der Waals surface area contributed by atoms with Crippen molar-refractivity contribution in [3.05, 3.63) is 44.8 Å². The number of esters is 1. The van der Waals surface area contributed by atoms with E-state index >= 15 is 0 Å². The molecule has 0 saturated heterocycles. The van der Waals surface area contributed by atoms with Crippen molar-refractivity contribution in [2.75, 3.05) is 24.4 Å². The zero-order valence-electron chi connectivity index (χ0n) is 15.7. The number of aryl methyl sites for hydroxylation is 1. The molecule has 162 valence electrons. The second-order valence-corrected chi connectivity index (χ2v) is 7.30. The van der Waals surface area contributed by atoms with Crippen molar-refractivity contribution in [2.45, 2.75) is 19.5 Å². The number of rotatable bonds is 7. The van der Waals surface area contributed by atoms with Gasteiger partial charge < -0.3 is 20.1 Å². The molecule has 1 heterocycles. The Morgan fingerprint density at radius 1 is 1.27 bits per heavy atom. The summed E-state index contributed by atoms with van der Waals surface area (Å²) in [6, 6.07) is 4.74. The number of alkyl halides is 3. The van der Waals surface area contributed by atoms with Crippen LogP contribution < -0.4 is 15.4 Å². The predicted octanol–water partition coefficient (Wildman–Crippen LogP) is 4.76. The molecule has 0 aliphatic heterocycles. The van der Waals surface area contributed by atoms with Crippen LogP contribution in [0.3, 0.4) is 0 Å². The number of carbonyl (C=O) groups is 1. The maximum Gasteiger partial charge on any atom is 0.422 e. The summed E-state index contributed by atoms with van der Waals surface area (Å²) in [5, 5.41) is 16.9. The number of non-ortho nitro benzene ring substituents is 1. The number of thiophene rings is 1. The van der Waals surface area contributed by atoms with Gasteiger partial charge in [0.15, 0.2) is 11.7 Å². The summed E-state index contributed by atoms with van der Waals surface area (Å²) in [5.41, 5.74) is -0.192. The number of anilines is 2. The first kappa shape index (κ1) is 23.3. The largest absolute Gasteiger partial charge is 0.484 e. The van der Waals surface area contributed by atoms with Crippen LogP contribution in [-0.2, 0) is 11.2 Å². The lowest BCUT2D eigenvalue weighted by Gasteiger charge is -2.13. The van der Waals surface area contributed by atoms with Crippen molar-refractivity contribution in [3.63, 3.8) is 0 Å². The molecular formula is C17H16F3N3O5S2. The number of nitro groups is 1. The van der Waals surface area contributed by atoms with Crippen molar-refractivity contribution in [2.24, 2.45) is 0 Å². The molecule has 0 atom stereocenters. The van der Waals surface area contributed by atoms with Crippen LogP contribution in [0.15, 0.2) is 24.3 Å². The van der Waals surface area contributed by atoms with Gasteiger partial charge in [-0.1, -0.05) is 6.92 Å². The van der Waals surface area contributed by atoms with Crippen LogP contribution in [0.4, 0.5) is 29.5 Å². The van der Waals surface area contributed by atoms with E-state index < -0.39 is 29.4 Å². The van der Waals surface area contributed by atoms with E-state index in [1.807, 2.05) is 6.92 Å². The lowest BCUT2D eigenvalue weighted by molar-refractivity contribution is -0.384. The van der Waals surface area contributed by atoms with Crippen LogP contribution in [0.2, 0.25) is 0 Å². The van der Waals surface area contributed by atoms with Gasteiger partial charge in [-0.25, -0.2) is 4.79 Å². The van der Waals surface area contributed by atoms with Gasteiger partial charge in [0, 0.05) is 17.0 Å². The number of carbonyl (C=O) groups excluding carboxylic acids is 1. The Kier molecular flexibility index (Phi) is 7.56. The Labute approximate surface area is 178 Å². The Morgan fingerprint density at radius 2 is 1.97 bits per heavy atom. The number of nitrogens with one attached hydrogen (secondary N) is 2. The lowest BCUT2D eigenvalue weighted by atomic mass is 10.2. The fraction of sp³-hybridized carbons (Fsp3) is 0.294. The molecule has 0 fully saturated rings. The molecule has 13 heteroatoms. The van der Waals surface area contributed by atoms with Crippen LogP contribution >= 0.6 is 23.6 Å². The van der Waals surface area contributed by atoms with E-state index in [1.54, 1.807) is 6.07 Å². The molecule has 1 aromatic heterocycles. The standard InChI is InChI=1S/C17H16F3N3O5S2/c1-3-12-7-13(15(24)27-2)14(30-12)22-16(29)21-9-4-10(23(25)26)6-11(5-9)28-8-17(18,19)20/h4-7H,3,8H2,1-2H3,(H2,21,22,29). The summed E-state index contributed by atoms with van der Waals surface area (Å²) in [6.45, 7) is 0.298. The van der Waals surface area contributed by atoms with E-state index in [0.717, 1.165) is 23.1 Å².